The average molecular weight is 396 g/mol. The molecule has 2 aromatic rings. The summed E-state index contributed by atoms with van der Waals surface area (Å²) in [4.78, 5) is 16.3. The van der Waals surface area contributed by atoms with Crippen molar-refractivity contribution in [3.05, 3.63) is 54.1 Å². The minimum Gasteiger partial charge on any atom is -0.491 e. The maximum atomic E-state index is 11.6. The van der Waals surface area contributed by atoms with Crippen LogP contribution in [0.15, 0.2) is 48.5 Å². The Morgan fingerprint density at radius 2 is 2.00 bits per heavy atom. The van der Waals surface area contributed by atoms with Crippen LogP contribution in [0.3, 0.4) is 0 Å². The second-order valence-electron chi connectivity index (χ2n) is 7.97. The van der Waals surface area contributed by atoms with Crippen LogP contribution in [-0.4, -0.2) is 60.8 Å². The van der Waals surface area contributed by atoms with Gasteiger partial charge in [-0.25, -0.2) is 0 Å². The van der Waals surface area contributed by atoms with Crippen LogP contribution in [0.1, 0.15) is 18.9 Å². The monoisotopic (exact) mass is 395 g/mol. The highest BCUT2D eigenvalue weighted by Gasteiger charge is 2.25. The van der Waals surface area contributed by atoms with E-state index in [2.05, 4.69) is 46.3 Å². The van der Waals surface area contributed by atoms with E-state index in [-0.39, 0.29) is 12.5 Å². The SMILES string of the molecule is CC1CN(CC(O)COc2ccc3c(c2)NC(=O)CC3)CCN1c1ccccc1. The van der Waals surface area contributed by atoms with Gasteiger partial charge in [-0.2, -0.15) is 0 Å². The minimum atomic E-state index is -0.559. The lowest BCUT2D eigenvalue weighted by Crippen LogP contribution is -2.54. The number of fused-ring (bicyclic) bond motifs is 1. The number of carbonyl (C=O) groups is 1. The minimum absolute atomic E-state index is 0.0402. The molecule has 154 valence electrons. The van der Waals surface area contributed by atoms with Crippen LogP contribution in [-0.2, 0) is 11.2 Å². The molecule has 1 fully saturated rings. The molecule has 2 aliphatic heterocycles. The van der Waals surface area contributed by atoms with Crippen LogP contribution in [0.2, 0.25) is 0 Å². The molecule has 0 saturated carbocycles. The van der Waals surface area contributed by atoms with E-state index in [9.17, 15) is 9.90 Å². The van der Waals surface area contributed by atoms with Gasteiger partial charge < -0.3 is 20.1 Å². The first-order valence-electron chi connectivity index (χ1n) is 10.4. The summed E-state index contributed by atoms with van der Waals surface area (Å²) in [6, 6.07) is 16.6. The number of carbonyl (C=O) groups excluding carboxylic acids is 1. The number of hydrogen-bond donors (Lipinski definition) is 2. The Balaban J connectivity index is 1.26. The van der Waals surface area contributed by atoms with Crippen molar-refractivity contribution in [2.24, 2.45) is 0 Å². The molecule has 6 heteroatoms. The fraction of sp³-hybridized carbons (Fsp3) is 0.435. The Hall–Kier alpha value is -2.57. The van der Waals surface area contributed by atoms with Crippen molar-refractivity contribution in [1.29, 1.82) is 0 Å². The number of benzene rings is 2. The highest BCUT2D eigenvalue weighted by molar-refractivity contribution is 5.94. The van der Waals surface area contributed by atoms with Crippen LogP contribution in [0.25, 0.3) is 0 Å². The third-order valence-corrected chi connectivity index (χ3v) is 5.69. The van der Waals surface area contributed by atoms with E-state index in [1.807, 2.05) is 24.3 Å². The number of para-hydroxylation sites is 1. The molecule has 6 nitrogen and oxygen atoms in total. The van der Waals surface area contributed by atoms with Crippen molar-refractivity contribution in [2.45, 2.75) is 31.9 Å². The molecule has 4 rings (SSSR count). The smallest absolute Gasteiger partial charge is 0.224 e. The summed E-state index contributed by atoms with van der Waals surface area (Å²) < 4.78 is 5.79. The second-order valence-corrected chi connectivity index (χ2v) is 7.97. The number of anilines is 2. The van der Waals surface area contributed by atoms with Crippen molar-refractivity contribution in [3.8, 4) is 5.75 Å². The molecule has 0 spiro atoms. The van der Waals surface area contributed by atoms with Crippen LogP contribution in [0, 0.1) is 0 Å². The number of nitrogens with zero attached hydrogens (tertiary/aromatic N) is 2. The summed E-state index contributed by atoms with van der Waals surface area (Å²) >= 11 is 0. The van der Waals surface area contributed by atoms with Gasteiger partial charge in [-0.3, -0.25) is 9.69 Å². The molecule has 2 heterocycles. The maximum absolute atomic E-state index is 11.6. The normalized spacial score (nSPS) is 20.7. The van der Waals surface area contributed by atoms with Gasteiger partial charge in [0, 0.05) is 56.1 Å². The van der Waals surface area contributed by atoms with Crippen molar-refractivity contribution in [1.82, 2.24) is 4.90 Å². The number of hydrogen-bond acceptors (Lipinski definition) is 5. The number of ether oxygens (including phenoxy) is 1. The van der Waals surface area contributed by atoms with Crippen LogP contribution < -0.4 is 15.0 Å². The summed E-state index contributed by atoms with van der Waals surface area (Å²) in [6.45, 7) is 5.83. The van der Waals surface area contributed by atoms with Gasteiger partial charge in [0.2, 0.25) is 5.91 Å². The molecule has 0 aliphatic carbocycles. The summed E-state index contributed by atoms with van der Waals surface area (Å²) in [6.07, 6.45) is 0.732. The fourth-order valence-corrected chi connectivity index (χ4v) is 4.19. The Labute approximate surface area is 172 Å². The molecule has 0 radical (unpaired) electrons. The maximum Gasteiger partial charge on any atom is 0.224 e. The number of aryl methyl sites for hydroxylation is 1. The summed E-state index contributed by atoms with van der Waals surface area (Å²) in [7, 11) is 0. The number of amides is 1. The molecule has 2 aliphatic rings. The molecule has 2 atom stereocenters. The van der Waals surface area contributed by atoms with Crippen LogP contribution >= 0.6 is 0 Å². The molecule has 1 amide bonds. The molecule has 2 aromatic carbocycles. The lowest BCUT2D eigenvalue weighted by molar-refractivity contribution is -0.116. The number of aliphatic hydroxyl groups excluding tert-OH is 1. The van der Waals surface area contributed by atoms with E-state index in [4.69, 9.17) is 4.74 Å². The van der Waals surface area contributed by atoms with Gasteiger partial charge in [0.25, 0.3) is 0 Å². The second kappa shape index (κ2) is 8.84. The topological polar surface area (TPSA) is 65.0 Å². The van der Waals surface area contributed by atoms with E-state index < -0.39 is 6.10 Å². The predicted molar refractivity (Wildman–Crippen MR) is 115 cm³/mol. The third kappa shape index (κ3) is 4.89. The standard InChI is InChI=1S/C23H29N3O3/c1-17-14-25(11-12-26(17)19-5-3-2-4-6-19)15-20(27)16-29-21-9-7-18-8-10-23(28)24-22(18)13-21/h2-7,9,13,17,20,27H,8,10-12,14-16H2,1H3,(H,24,28). The van der Waals surface area contributed by atoms with Gasteiger partial charge in [0.05, 0.1) is 0 Å². The highest BCUT2D eigenvalue weighted by Crippen LogP contribution is 2.27. The van der Waals surface area contributed by atoms with Crippen molar-refractivity contribution in [2.75, 3.05) is 43.0 Å². The molecule has 2 N–H and O–H groups in total. The Morgan fingerprint density at radius 1 is 1.17 bits per heavy atom. The van der Waals surface area contributed by atoms with Gasteiger partial charge in [0.1, 0.15) is 18.5 Å². The van der Waals surface area contributed by atoms with Gasteiger partial charge in [-0.15, -0.1) is 0 Å². The third-order valence-electron chi connectivity index (χ3n) is 5.69. The van der Waals surface area contributed by atoms with Crippen molar-refractivity contribution < 1.29 is 14.6 Å². The number of aliphatic hydroxyl groups is 1. The molecule has 29 heavy (non-hydrogen) atoms. The zero-order valence-electron chi connectivity index (χ0n) is 16.9. The van der Waals surface area contributed by atoms with E-state index in [1.54, 1.807) is 0 Å². The molecular formula is C23H29N3O3. The lowest BCUT2D eigenvalue weighted by atomic mass is 10.0. The highest BCUT2D eigenvalue weighted by atomic mass is 16.5. The first kappa shape index (κ1) is 19.7. The molecule has 0 bridgehead atoms. The quantitative estimate of drug-likeness (QED) is 0.787. The van der Waals surface area contributed by atoms with Crippen LogP contribution in [0.4, 0.5) is 11.4 Å². The number of β-amino-alcohol motifs (C(OH)–C–C–N with tert-alkyl or cyclic N) is 1. The predicted octanol–water partition coefficient (Wildman–Crippen LogP) is 2.52. The lowest BCUT2D eigenvalue weighted by Gasteiger charge is -2.41. The Morgan fingerprint density at radius 3 is 2.79 bits per heavy atom. The van der Waals surface area contributed by atoms with Crippen molar-refractivity contribution >= 4 is 17.3 Å². The largest absolute Gasteiger partial charge is 0.491 e. The van der Waals surface area contributed by atoms with E-state index in [1.165, 1.54) is 5.69 Å². The van der Waals surface area contributed by atoms with E-state index in [0.717, 1.165) is 37.3 Å². The number of nitrogens with one attached hydrogen (secondary N) is 1. The van der Waals surface area contributed by atoms with Gasteiger partial charge in [-0.05, 0) is 37.1 Å². The van der Waals surface area contributed by atoms with Gasteiger partial charge in [-0.1, -0.05) is 24.3 Å². The first-order valence-corrected chi connectivity index (χ1v) is 10.4. The summed E-state index contributed by atoms with van der Waals surface area (Å²) in [5.74, 6) is 0.714. The van der Waals surface area contributed by atoms with Gasteiger partial charge in [0.15, 0.2) is 0 Å². The van der Waals surface area contributed by atoms with Crippen molar-refractivity contribution in [3.63, 3.8) is 0 Å². The van der Waals surface area contributed by atoms with E-state index >= 15 is 0 Å². The fourth-order valence-electron chi connectivity index (χ4n) is 4.19. The molecular weight excluding hydrogens is 366 g/mol. The average Bonchev–Trinajstić information content (AvgIpc) is 2.72. The summed E-state index contributed by atoms with van der Waals surface area (Å²) in [5, 5.41) is 13.3. The summed E-state index contributed by atoms with van der Waals surface area (Å²) in [5.41, 5.74) is 3.20. The van der Waals surface area contributed by atoms with E-state index in [0.29, 0.717) is 24.8 Å². The Bertz CT molecular complexity index is 843. The number of piperazine rings is 1. The molecule has 0 aromatic heterocycles. The molecule has 2 unspecified atom stereocenters. The Kier molecular flexibility index (Phi) is 6.02. The number of rotatable bonds is 6. The van der Waals surface area contributed by atoms with Crippen LogP contribution in [0.5, 0.6) is 5.75 Å². The van der Waals surface area contributed by atoms with Gasteiger partial charge >= 0.3 is 0 Å². The molecule has 1 saturated heterocycles. The zero-order valence-corrected chi connectivity index (χ0v) is 16.9. The zero-order chi connectivity index (χ0) is 20.2. The first-order chi connectivity index (χ1) is 14.1.